The van der Waals surface area contributed by atoms with Crippen molar-refractivity contribution >= 4 is 11.6 Å². The number of rotatable bonds is 4. The van der Waals surface area contributed by atoms with Crippen LogP contribution in [0.1, 0.15) is 19.8 Å². The molecule has 0 amide bonds. The average molecular weight is 227 g/mol. The van der Waals surface area contributed by atoms with Crippen molar-refractivity contribution in [3.63, 3.8) is 0 Å². The number of nitrogens with one attached hydrogen (secondary N) is 1. The molecule has 1 aliphatic rings. The number of hydrogen-bond acceptors (Lipinski definition) is 3. The van der Waals surface area contributed by atoms with Crippen LogP contribution >= 0.6 is 0 Å². The summed E-state index contributed by atoms with van der Waals surface area (Å²) >= 11 is 0. The number of hydrogen-bond donors (Lipinski definition) is 1. The highest BCUT2D eigenvalue weighted by Gasteiger charge is 2.31. The first kappa shape index (κ1) is 11.1. The Morgan fingerprint density at radius 3 is 2.62 bits per heavy atom. The van der Waals surface area contributed by atoms with Gasteiger partial charge in [-0.05, 0) is 19.8 Å². The lowest BCUT2D eigenvalue weighted by molar-refractivity contribution is 0.570. The maximum Gasteiger partial charge on any atom is 0.168 e. The van der Waals surface area contributed by atoms with Crippen LogP contribution in [-0.4, -0.2) is 24.6 Å². The Morgan fingerprint density at radius 2 is 2.12 bits per heavy atom. The lowest BCUT2D eigenvalue weighted by atomic mass is 10.3. The second kappa shape index (κ2) is 4.23. The molecule has 1 aromatic rings. The topological polar surface area (TPSA) is 28.2 Å². The van der Waals surface area contributed by atoms with Gasteiger partial charge in [0, 0.05) is 25.7 Å². The van der Waals surface area contributed by atoms with Gasteiger partial charge < -0.3 is 10.2 Å². The molecular formula is C11H15F2N3. The molecule has 3 nitrogen and oxygen atoms in total. The Labute approximate surface area is 93.5 Å². The number of aromatic nitrogens is 1. The summed E-state index contributed by atoms with van der Waals surface area (Å²) in [7, 11) is 1.57. The van der Waals surface area contributed by atoms with E-state index in [9.17, 15) is 8.78 Å². The molecule has 1 fully saturated rings. The molecule has 1 aromatic heterocycles. The van der Waals surface area contributed by atoms with E-state index in [-0.39, 0.29) is 11.6 Å². The number of anilines is 2. The summed E-state index contributed by atoms with van der Waals surface area (Å²) in [6, 6.07) is 1.25. The fourth-order valence-electron chi connectivity index (χ4n) is 1.80. The van der Waals surface area contributed by atoms with Crippen molar-refractivity contribution in [1.29, 1.82) is 0 Å². The fraction of sp³-hybridized carbons (Fsp3) is 0.545. The van der Waals surface area contributed by atoms with E-state index < -0.39 is 11.6 Å². The Morgan fingerprint density at radius 1 is 1.44 bits per heavy atom. The Bertz CT molecular complexity index is 391. The molecule has 0 aliphatic heterocycles. The number of nitrogens with zero attached hydrogens (tertiary/aromatic N) is 2. The molecule has 0 aromatic carbocycles. The third kappa shape index (κ3) is 1.94. The van der Waals surface area contributed by atoms with Crippen LogP contribution in [0.15, 0.2) is 6.07 Å². The van der Waals surface area contributed by atoms with E-state index in [1.165, 1.54) is 0 Å². The third-order valence-electron chi connectivity index (χ3n) is 2.75. The van der Waals surface area contributed by atoms with Crippen LogP contribution in [0.5, 0.6) is 0 Å². The van der Waals surface area contributed by atoms with E-state index in [4.69, 9.17) is 0 Å². The van der Waals surface area contributed by atoms with E-state index in [1.807, 2.05) is 11.8 Å². The quantitative estimate of drug-likeness (QED) is 0.856. The Kier molecular flexibility index (Phi) is 2.94. The predicted octanol–water partition coefficient (Wildman–Crippen LogP) is 2.39. The maximum atomic E-state index is 13.6. The van der Waals surface area contributed by atoms with Gasteiger partial charge in [-0.15, -0.1) is 0 Å². The zero-order chi connectivity index (χ0) is 11.7. The second-order valence-electron chi connectivity index (χ2n) is 3.89. The van der Waals surface area contributed by atoms with Crippen LogP contribution < -0.4 is 10.2 Å². The normalized spacial score (nSPS) is 15.0. The van der Waals surface area contributed by atoms with E-state index >= 15 is 0 Å². The molecule has 0 unspecified atom stereocenters. The van der Waals surface area contributed by atoms with Crippen LogP contribution in [0.25, 0.3) is 0 Å². The molecule has 88 valence electrons. The van der Waals surface area contributed by atoms with Crippen molar-refractivity contribution in [2.24, 2.45) is 0 Å². The number of pyridine rings is 1. The minimum atomic E-state index is -0.657. The van der Waals surface area contributed by atoms with E-state index in [2.05, 4.69) is 10.3 Å². The lowest BCUT2D eigenvalue weighted by Crippen LogP contribution is -2.27. The van der Waals surface area contributed by atoms with Crippen LogP contribution in [0.2, 0.25) is 0 Å². The molecule has 0 spiro atoms. The smallest absolute Gasteiger partial charge is 0.168 e. The summed E-state index contributed by atoms with van der Waals surface area (Å²) in [5, 5.41) is 2.62. The van der Waals surface area contributed by atoms with Crippen LogP contribution in [0.4, 0.5) is 20.4 Å². The van der Waals surface area contributed by atoms with E-state index in [0.29, 0.717) is 12.6 Å². The summed E-state index contributed by atoms with van der Waals surface area (Å²) in [6.45, 7) is 2.63. The zero-order valence-electron chi connectivity index (χ0n) is 9.43. The summed E-state index contributed by atoms with van der Waals surface area (Å²) in [6.07, 6.45) is 2.11. The molecule has 0 atom stereocenters. The van der Waals surface area contributed by atoms with Crippen LogP contribution in [-0.2, 0) is 0 Å². The monoisotopic (exact) mass is 227 g/mol. The van der Waals surface area contributed by atoms with Gasteiger partial charge in [-0.3, -0.25) is 0 Å². The van der Waals surface area contributed by atoms with Gasteiger partial charge in [-0.2, -0.15) is 0 Å². The van der Waals surface area contributed by atoms with E-state index in [0.717, 1.165) is 18.9 Å². The SMILES string of the molecule is CCN(c1nc(NC)c(F)cc1F)C1CC1. The highest BCUT2D eigenvalue weighted by atomic mass is 19.1. The maximum absolute atomic E-state index is 13.6. The zero-order valence-corrected chi connectivity index (χ0v) is 9.43. The Hall–Kier alpha value is -1.39. The van der Waals surface area contributed by atoms with Crippen molar-refractivity contribution in [3.05, 3.63) is 17.7 Å². The summed E-state index contributed by atoms with van der Waals surface area (Å²) in [5.41, 5.74) is 0. The summed E-state index contributed by atoms with van der Waals surface area (Å²) in [4.78, 5) is 5.87. The molecule has 1 saturated carbocycles. The third-order valence-corrected chi connectivity index (χ3v) is 2.75. The fourth-order valence-corrected chi connectivity index (χ4v) is 1.80. The molecule has 0 bridgehead atoms. The van der Waals surface area contributed by atoms with Crippen molar-refractivity contribution in [2.75, 3.05) is 23.8 Å². The molecule has 1 aliphatic carbocycles. The standard InChI is InChI=1S/C11H15F2N3/c1-3-16(7-4-5-7)11-9(13)6-8(12)10(14-2)15-11/h6-7H,3-5H2,1-2H3,(H,14,15). The van der Waals surface area contributed by atoms with Gasteiger partial charge in [0.15, 0.2) is 23.3 Å². The average Bonchev–Trinajstić information content (AvgIpc) is 3.06. The first-order valence-corrected chi connectivity index (χ1v) is 5.47. The van der Waals surface area contributed by atoms with Crippen molar-refractivity contribution in [2.45, 2.75) is 25.8 Å². The molecule has 5 heteroatoms. The summed E-state index contributed by atoms with van der Waals surface area (Å²) < 4.78 is 26.9. The van der Waals surface area contributed by atoms with Crippen LogP contribution in [0.3, 0.4) is 0 Å². The minimum absolute atomic E-state index is 0.0931. The largest absolute Gasteiger partial charge is 0.371 e. The first-order valence-electron chi connectivity index (χ1n) is 5.47. The molecule has 16 heavy (non-hydrogen) atoms. The molecule has 0 radical (unpaired) electrons. The first-order chi connectivity index (χ1) is 7.67. The van der Waals surface area contributed by atoms with Crippen molar-refractivity contribution < 1.29 is 8.78 Å². The van der Waals surface area contributed by atoms with E-state index in [1.54, 1.807) is 7.05 Å². The molecule has 1 heterocycles. The van der Waals surface area contributed by atoms with Crippen molar-refractivity contribution in [3.8, 4) is 0 Å². The molecule has 0 saturated heterocycles. The van der Waals surface area contributed by atoms with Gasteiger partial charge in [-0.25, -0.2) is 13.8 Å². The summed E-state index contributed by atoms with van der Waals surface area (Å²) in [5.74, 6) is -0.910. The highest BCUT2D eigenvalue weighted by Crippen LogP contribution is 2.32. The van der Waals surface area contributed by atoms with Gasteiger partial charge in [0.25, 0.3) is 0 Å². The predicted molar refractivity (Wildman–Crippen MR) is 59.7 cm³/mol. The van der Waals surface area contributed by atoms with Gasteiger partial charge >= 0.3 is 0 Å². The van der Waals surface area contributed by atoms with Gasteiger partial charge in [0.2, 0.25) is 0 Å². The molecular weight excluding hydrogens is 212 g/mol. The molecule has 1 N–H and O–H groups in total. The van der Waals surface area contributed by atoms with Gasteiger partial charge in [-0.1, -0.05) is 0 Å². The minimum Gasteiger partial charge on any atom is -0.371 e. The highest BCUT2D eigenvalue weighted by molar-refractivity contribution is 5.50. The Balaban J connectivity index is 2.38. The van der Waals surface area contributed by atoms with Gasteiger partial charge in [0.05, 0.1) is 0 Å². The number of halogens is 2. The molecule has 2 rings (SSSR count). The lowest BCUT2D eigenvalue weighted by Gasteiger charge is -2.22. The van der Waals surface area contributed by atoms with Crippen LogP contribution in [0, 0.1) is 11.6 Å². The van der Waals surface area contributed by atoms with Crippen molar-refractivity contribution in [1.82, 2.24) is 4.98 Å². The second-order valence-corrected chi connectivity index (χ2v) is 3.89. The van der Waals surface area contributed by atoms with Gasteiger partial charge in [0.1, 0.15) is 0 Å².